The normalized spacial score (nSPS) is 11.2. The van der Waals surface area contributed by atoms with Gasteiger partial charge in [0.1, 0.15) is 0 Å². The summed E-state index contributed by atoms with van der Waals surface area (Å²) in [5.41, 5.74) is 2.96. The van der Waals surface area contributed by atoms with Crippen LogP contribution in [0.3, 0.4) is 0 Å². The number of anilines is 1. The Bertz CT molecular complexity index is 1100. The van der Waals surface area contributed by atoms with E-state index >= 15 is 0 Å². The lowest BCUT2D eigenvalue weighted by atomic mass is 10.1. The molecular formula is C20H21ClN4O3S. The standard InChI is InChI=1S/C20H21ClN4O3S/c1-12-5-8-17-18(13(12)2)22-20(29-17)24(10-9-23(3)4)19(26)15-11-14(25(27)28)6-7-16(15)21/h5-8,11H,9-10H2,1-4H3. The van der Waals surface area contributed by atoms with Gasteiger partial charge in [0.2, 0.25) is 0 Å². The van der Waals surface area contributed by atoms with E-state index in [4.69, 9.17) is 16.6 Å². The number of nitrogens with zero attached hydrogens (tertiary/aromatic N) is 4. The number of carbonyl (C=O) groups excluding carboxylic acids is 1. The van der Waals surface area contributed by atoms with Gasteiger partial charge >= 0.3 is 0 Å². The Kier molecular flexibility index (Phi) is 6.16. The van der Waals surface area contributed by atoms with Crippen molar-refractivity contribution in [2.75, 3.05) is 32.1 Å². The fourth-order valence-corrected chi connectivity index (χ4v) is 4.10. The molecule has 0 atom stereocenters. The van der Waals surface area contributed by atoms with Gasteiger partial charge in [-0.1, -0.05) is 29.0 Å². The Labute approximate surface area is 177 Å². The van der Waals surface area contributed by atoms with Crippen molar-refractivity contribution in [3.8, 4) is 0 Å². The molecule has 0 aliphatic carbocycles. The molecule has 0 bridgehead atoms. The summed E-state index contributed by atoms with van der Waals surface area (Å²) in [5, 5.41) is 11.9. The first kappa shape index (κ1) is 21.2. The van der Waals surface area contributed by atoms with E-state index in [1.165, 1.54) is 29.5 Å². The van der Waals surface area contributed by atoms with Crippen LogP contribution in [-0.4, -0.2) is 47.9 Å². The zero-order chi connectivity index (χ0) is 21.3. The second-order valence-electron chi connectivity index (χ2n) is 7.03. The number of amides is 1. The van der Waals surface area contributed by atoms with E-state index in [1.54, 1.807) is 4.90 Å². The smallest absolute Gasteiger partial charge is 0.270 e. The Morgan fingerprint density at radius 2 is 1.93 bits per heavy atom. The van der Waals surface area contributed by atoms with E-state index in [1.807, 2.05) is 45.0 Å². The van der Waals surface area contributed by atoms with E-state index in [0.29, 0.717) is 18.2 Å². The minimum absolute atomic E-state index is 0.0896. The lowest BCUT2D eigenvalue weighted by Gasteiger charge is -2.22. The van der Waals surface area contributed by atoms with E-state index in [9.17, 15) is 14.9 Å². The quantitative estimate of drug-likeness (QED) is 0.417. The maximum atomic E-state index is 13.3. The number of fused-ring (bicyclic) bond motifs is 1. The maximum Gasteiger partial charge on any atom is 0.270 e. The molecule has 152 valence electrons. The first-order valence-electron chi connectivity index (χ1n) is 8.96. The minimum atomic E-state index is -0.541. The number of aromatic nitrogens is 1. The summed E-state index contributed by atoms with van der Waals surface area (Å²) in [5.74, 6) is -0.408. The van der Waals surface area contributed by atoms with Gasteiger partial charge in [-0.15, -0.1) is 0 Å². The van der Waals surface area contributed by atoms with Crippen LogP contribution in [0.4, 0.5) is 10.8 Å². The largest absolute Gasteiger partial charge is 0.308 e. The molecule has 0 fully saturated rings. The molecule has 3 aromatic rings. The molecule has 1 amide bonds. The zero-order valence-corrected chi connectivity index (χ0v) is 18.2. The Balaban J connectivity index is 2.08. The highest BCUT2D eigenvalue weighted by atomic mass is 35.5. The van der Waals surface area contributed by atoms with Crippen LogP contribution < -0.4 is 4.90 Å². The number of likely N-dealkylation sites (N-methyl/N-ethyl adjacent to an activating group) is 1. The molecule has 7 nitrogen and oxygen atoms in total. The Morgan fingerprint density at radius 3 is 2.59 bits per heavy atom. The number of nitro benzene ring substituents is 1. The summed E-state index contributed by atoms with van der Waals surface area (Å²) in [6.07, 6.45) is 0. The summed E-state index contributed by atoms with van der Waals surface area (Å²) in [6.45, 7) is 5.01. The van der Waals surface area contributed by atoms with Crippen molar-refractivity contribution >= 4 is 49.9 Å². The average molecular weight is 433 g/mol. The number of nitro groups is 1. The SMILES string of the molecule is Cc1ccc2sc(N(CCN(C)C)C(=O)c3cc([N+](=O)[O-])ccc3Cl)nc2c1C. The molecule has 0 unspecified atom stereocenters. The number of thiazole rings is 1. The monoisotopic (exact) mass is 432 g/mol. The van der Waals surface area contributed by atoms with Crippen molar-refractivity contribution in [3.05, 3.63) is 62.2 Å². The van der Waals surface area contributed by atoms with Crippen molar-refractivity contribution < 1.29 is 9.72 Å². The van der Waals surface area contributed by atoms with Gasteiger partial charge in [0.05, 0.1) is 25.7 Å². The molecule has 1 aromatic heterocycles. The summed E-state index contributed by atoms with van der Waals surface area (Å²) in [6, 6.07) is 7.91. The van der Waals surface area contributed by atoms with Gasteiger partial charge in [0.15, 0.2) is 5.13 Å². The molecule has 0 radical (unpaired) electrons. The number of halogens is 1. The fourth-order valence-electron chi connectivity index (χ4n) is 2.85. The molecule has 0 saturated carbocycles. The minimum Gasteiger partial charge on any atom is -0.308 e. The number of aryl methyl sites for hydroxylation is 2. The van der Waals surface area contributed by atoms with Crippen molar-refractivity contribution in [1.29, 1.82) is 0 Å². The first-order chi connectivity index (χ1) is 13.7. The van der Waals surface area contributed by atoms with Crippen LogP contribution in [-0.2, 0) is 0 Å². The molecule has 1 heterocycles. The number of non-ortho nitro benzene ring substituents is 1. The average Bonchev–Trinajstić information content (AvgIpc) is 3.09. The van der Waals surface area contributed by atoms with Crippen LogP contribution in [0.15, 0.2) is 30.3 Å². The number of benzene rings is 2. The van der Waals surface area contributed by atoms with Crippen LogP contribution in [0.5, 0.6) is 0 Å². The summed E-state index contributed by atoms with van der Waals surface area (Å²) in [7, 11) is 3.82. The molecular weight excluding hydrogens is 412 g/mol. The molecule has 9 heteroatoms. The predicted octanol–water partition coefficient (Wildman–Crippen LogP) is 4.68. The fraction of sp³-hybridized carbons (Fsp3) is 0.300. The van der Waals surface area contributed by atoms with Gasteiger partial charge in [0, 0.05) is 25.2 Å². The van der Waals surface area contributed by atoms with Gasteiger partial charge in [-0.05, 0) is 51.2 Å². The van der Waals surface area contributed by atoms with Crippen molar-refractivity contribution in [2.45, 2.75) is 13.8 Å². The highest BCUT2D eigenvalue weighted by Crippen LogP contribution is 2.33. The van der Waals surface area contributed by atoms with Crippen molar-refractivity contribution in [2.24, 2.45) is 0 Å². The van der Waals surface area contributed by atoms with Crippen LogP contribution >= 0.6 is 22.9 Å². The third-order valence-electron chi connectivity index (χ3n) is 4.71. The van der Waals surface area contributed by atoms with Crippen molar-refractivity contribution in [3.63, 3.8) is 0 Å². The second kappa shape index (κ2) is 8.44. The number of carbonyl (C=O) groups is 1. The molecule has 0 saturated heterocycles. The summed E-state index contributed by atoms with van der Waals surface area (Å²) in [4.78, 5) is 32.2. The van der Waals surface area contributed by atoms with E-state index in [-0.39, 0.29) is 16.3 Å². The maximum absolute atomic E-state index is 13.3. The predicted molar refractivity (Wildman–Crippen MR) is 117 cm³/mol. The molecule has 0 aliphatic heterocycles. The molecule has 29 heavy (non-hydrogen) atoms. The number of hydrogen-bond acceptors (Lipinski definition) is 6. The summed E-state index contributed by atoms with van der Waals surface area (Å²) >= 11 is 7.63. The first-order valence-corrected chi connectivity index (χ1v) is 10.2. The van der Waals surface area contributed by atoms with E-state index in [0.717, 1.165) is 21.3 Å². The van der Waals surface area contributed by atoms with Gasteiger partial charge in [-0.3, -0.25) is 19.8 Å². The Hall–Kier alpha value is -2.55. The lowest BCUT2D eigenvalue weighted by Crippen LogP contribution is -2.37. The summed E-state index contributed by atoms with van der Waals surface area (Å²) < 4.78 is 0.982. The van der Waals surface area contributed by atoms with Crippen molar-refractivity contribution in [1.82, 2.24) is 9.88 Å². The van der Waals surface area contributed by atoms with Gasteiger partial charge < -0.3 is 4.90 Å². The third-order valence-corrected chi connectivity index (χ3v) is 6.08. The number of rotatable bonds is 6. The van der Waals surface area contributed by atoms with Crippen LogP contribution in [0.2, 0.25) is 5.02 Å². The van der Waals surface area contributed by atoms with E-state index < -0.39 is 10.8 Å². The third kappa shape index (κ3) is 4.39. The molecule has 0 N–H and O–H groups in total. The zero-order valence-electron chi connectivity index (χ0n) is 16.6. The van der Waals surface area contributed by atoms with Gasteiger partial charge in [0.25, 0.3) is 11.6 Å². The molecule has 2 aromatic carbocycles. The van der Waals surface area contributed by atoms with E-state index in [2.05, 4.69) is 0 Å². The second-order valence-corrected chi connectivity index (χ2v) is 8.45. The Morgan fingerprint density at radius 1 is 1.21 bits per heavy atom. The molecule has 3 rings (SSSR count). The number of hydrogen-bond donors (Lipinski definition) is 0. The van der Waals surface area contributed by atoms with Crippen LogP contribution in [0.25, 0.3) is 10.2 Å². The van der Waals surface area contributed by atoms with Crippen LogP contribution in [0, 0.1) is 24.0 Å². The van der Waals surface area contributed by atoms with Crippen LogP contribution in [0.1, 0.15) is 21.5 Å². The highest BCUT2D eigenvalue weighted by Gasteiger charge is 2.25. The van der Waals surface area contributed by atoms with Gasteiger partial charge in [-0.25, -0.2) is 4.98 Å². The highest BCUT2D eigenvalue weighted by molar-refractivity contribution is 7.22. The lowest BCUT2D eigenvalue weighted by molar-refractivity contribution is -0.384. The molecule has 0 spiro atoms. The topological polar surface area (TPSA) is 79.6 Å². The van der Waals surface area contributed by atoms with Gasteiger partial charge in [-0.2, -0.15) is 0 Å². The molecule has 0 aliphatic rings.